The molecule has 1 atom stereocenters. The van der Waals surface area contributed by atoms with Gasteiger partial charge >= 0.3 is 5.97 Å². The monoisotopic (exact) mass is 312 g/mol. The van der Waals surface area contributed by atoms with Gasteiger partial charge in [-0.05, 0) is 30.4 Å². The summed E-state index contributed by atoms with van der Waals surface area (Å²) in [6.07, 6.45) is 1.55. The second-order valence-corrected chi connectivity index (χ2v) is 6.35. The number of carboxylic acids is 1. The molecule has 21 heavy (non-hydrogen) atoms. The molecule has 2 rings (SSSR count). The molecule has 7 heteroatoms. The third-order valence-corrected chi connectivity index (χ3v) is 4.18. The fraction of sp³-hybridized carbons (Fsp3) is 0.500. The first-order chi connectivity index (χ1) is 9.74. The number of hydrogen-bond acceptors (Lipinski definition) is 4. The normalized spacial score (nSPS) is 21.1. The second-order valence-electron chi connectivity index (χ2n) is 5.92. The highest BCUT2D eigenvalue weighted by molar-refractivity contribution is 6.30. The number of halogens is 1. The molecule has 0 aromatic heterocycles. The average Bonchev–Trinajstić information content (AvgIpc) is 2.36. The lowest BCUT2D eigenvalue weighted by atomic mass is 9.76. The van der Waals surface area contributed by atoms with Gasteiger partial charge in [-0.15, -0.1) is 0 Å². The summed E-state index contributed by atoms with van der Waals surface area (Å²) in [5, 5.41) is 21.0. The summed E-state index contributed by atoms with van der Waals surface area (Å²) in [5.41, 5.74) is -0.312. The molecule has 0 amide bonds. The zero-order chi connectivity index (χ0) is 15.8. The van der Waals surface area contributed by atoms with E-state index < -0.39 is 22.3 Å². The first kappa shape index (κ1) is 15.6. The largest absolute Gasteiger partial charge is 0.480 e. The fourth-order valence-corrected chi connectivity index (χ4v) is 3.17. The molecule has 6 nitrogen and oxygen atoms in total. The van der Waals surface area contributed by atoms with Crippen LogP contribution in [-0.4, -0.2) is 28.6 Å². The second kappa shape index (κ2) is 5.52. The van der Waals surface area contributed by atoms with Gasteiger partial charge in [-0.3, -0.25) is 10.1 Å². The van der Waals surface area contributed by atoms with Gasteiger partial charge in [0.2, 0.25) is 0 Å². The van der Waals surface area contributed by atoms with Crippen LogP contribution in [0.2, 0.25) is 5.02 Å². The Kier molecular flexibility index (Phi) is 4.09. The summed E-state index contributed by atoms with van der Waals surface area (Å²) in [4.78, 5) is 24.0. The number of nitro groups is 1. The zero-order valence-corrected chi connectivity index (χ0v) is 12.6. The topological polar surface area (TPSA) is 83.7 Å². The van der Waals surface area contributed by atoms with Crippen LogP contribution in [-0.2, 0) is 4.79 Å². The van der Waals surface area contributed by atoms with Crippen molar-refractivity contribution in [2.75, 3.05) is 11.4 Å². The molecule has 1 N–H and O–H groups in total. The van der Waals surface area contributed by atoms with E-state index >= 15 is 0 Å². The maximum atomic E-state index is 11.7. The minimum atomic E-state index is -0.969. The molecule has 0 aliphatic carbocycles. The van der Waals surface area contributed by atoms with Gasteiger partial charge in [0.1, 0.15) is 11.7 Å². The van der Waals surface area contributed by atoms with Crippen LogP contribution >= 0.6 is 11.6 Å². The standard InChI is InChI=1S/C14H17ClN2O4/c1-14(2)6-3-7-16(12(14)13(18)19)10-5-4-9(15)8-11(10)17(20)21/h4-5,8,12H,3,6-7H2,1-2H3,(H,18,19). The smallest absolute Gasteiger partial charge is 0.326 e. The molecule has 1 aliphatic heterocycles. The van der Waals surface area contributed by atoms with Crippen molar-refractivity contribution in [3.05, 3.63) is 33.3 Å². The number of piperidine rings is 1. The number of anilines is 1. The van der Waals surface area contributed by atoms with Crippen LogP contribution in [0.25, 0.3) is 0 Å². The summed E-state index contributed by atoms with van der Waals surface area (Å²) in [7, 11) is 0. The van der Waals surface area contributed by atoms with Crippen molar-refractivity contribution in [2.24, 2.45) is 5.41 Å². The quantitative estimate of drug-likeness (QED) is 0.683. The highest BCUT2D eigenvalue weighted by Crippen LogP contribution is 2.41. The predicted octanol–water partition coefficient (Wildman–Crippen LogP) is 3.33. The molecule has 0 radical (unpaired) electrons. The number of carboxylic acid groups (broad SMARTS) is 1. The van der Waals surface area contributed by atoms with E-state index in [1.165, 1.54) is 12.1 Å². The lowest BCUT2D eigenvalue weighted by Gasteiger charge is -2.44. The third kappa shape index (κ3) is 2.95. The van der Waals surface area contributed by atoms with E-state index in [1.54, 1.807) is 11.0 Å². The number of hydrogen-bond donors (Lipinski definition) is 1. The average molecular weight is 313 g/mol. The van der Waals surface area contributed by atoms with Gasteiger partial charge in [-0.2, -0.15) is 0 Å². The van der Waals surface area contributed by atoms with Crippen LogP contribution in [0.5, 0.6) is 0 Å². The van der Waals surface area contributed by atoms with Gasteiger partial charge < -0.3 is 10.0 Å². The molecule has 0 spiro atoms. The molecule has 1 heterocycles. The van der Waals surface area contributed by atoms with Crippen LogP contribution in [0.15, 0.2) is 18.2 Å². The van der Waals surface area contributed by atoms with Crippen molar-refractivity contribution in [3.8, 4) is 0 Å². The minimum absolute atomic E-state index is 0.161. The molecule has 1 fully saturated rings. The van der Waals surface area contributed by atoms with Crippen LogP contribution in [0.1, 0.15) is 26.7 Å². The molecule has 1 saturated heterocycles. The summed E-state index contributed by atoms with van der Waals surface area (Å²) in [6, 6.07) is 3.53. The summed E-state index contributed by atoms with van der Waals surface area (Å²) >= 11 is 5.82. The Morgan fingerprint density at radius 2 is 2.19 bits per heavy atom. The molecular weight excluding hydrogens is 296 g/mol. The van der Waals surface area contributed by atoms with E-state index in [9.17, 15) is 20.0 Å². The third-order valence-electron chi connectivity index (χ3n) is 3.95. The zero-order valence-electron chi connectivity index (χ0n) is 11.9. The first-order valence-electron chi connectivity index (χ1n) is 6.67. The molecule has 1 aromatic carbocycles. The summed E-state index contributed by atoms with van der Waals surface area (Å²) in [6.45, 7) is 4.22. The Balaban J connectivity index is 2.53. The van der Waals surface area contributed by atoms with E-state index in [4.69, 9.17) is 11.6 Å². The number of carbonyl (C=O) groups is 1. The molecule has 0 saturated carbocycles. The van der Waals surface area contributed by atoms with Crippen molar-refractivity contribution in [3.63, 3.8) is 0 Å². The van der Waals surface area contributed by atoms with Crippen molar-refractivity contribution in [2.45, 2.75) is 32.7 Å². The van der Waals surface area contributed by atoms with E-state index in [1.807, 2.05) is 13.8 Å². The van der Waals surface area contributed by atoms with Gasteiger partial charge in [0.05, 0.1) is 4.92 Å². The van der Waals surface area contributed by atoms with Crippen molar-refractivity contribution in [1.82, 2.24) is 0 Å². The van der Waals surface area contributed by atoms with E-state index in [2.05, 4.69) is 0 Å². The predicted molar refractivity (Wildman–Crippen MR) is 79.9 cm³/mol. The SMILES string of the molecule is CC1(C)CCCN(c2ccc(Cl)cc2[N+](=O)[O-])C1C(=O)O. The Morgan fingerprint density at radius 3 is 2.76 bits per heavy atom. The highest BCUT2D eigenvalue weighted by atomic mass is 35.5. The summed E-state index contributed by atoms with van der Waals surface area (Å²) in [5.74, 6) is -0.969. The number of benzene rings is 1. The Bertz CT molecular complexity index is 588. The number of rotatable bonds is 3. The van der Waals surface area contributed by atoms with Crippen LogP contribution in [0.4, 0.5) is 11.4 Å². The highest BCUT2D eigenvalue weighted by Gasteiger charge is 2.44. The van der Waals surface area contributed by atoms with Crippen LogP contribution in [0.3, 0.4) is 0 Å². The summed E-state index contributed by atoms with van der Waals surface area (Å²) < 4.78 is 0. The molecule has 1 aliphatic rings. The maximum Gasteiger partial charge on any atom is 0.326 e. The maximum absolute atomic E-state index is 11.7. The van der Waals surface area contributed by atoms with Crippen LogP contribution < -0.4 is 4.90 Å². The van der Waals surface area contributed by atoms with Crippen molar-refractivity contribution >= 4 is 28.9 Å². The van der Waals surface area contributed by atoms with Gasteiger partial charge in [0.15, 0.2) is 0 Å². The fourth-order valence-electron chi connectivity index (χ4n) is 3.01. The number of aliphatic carboxylic acids is 1. The van der Waals surface area contributed by atoms with Crippen molar-refractivity contribution < 1.29 is 14.8 Å². The van der Waals surface area contributed by atoms with Crippen LogP contribution in [0, 0.1) is 15.5 Å². The lowest BCUT2D eigenvalue weighted by molar-refractivity contribution is -0.384. The Morgan fingerprint density at radius 1 is 1.52 bits per heavy atom. The van der Waals surface area contributed by atoms with Gasteiger partial charge in [0, 0.05) is 17.6 Å². The van der Waals surface area contributed by atoms with Gasteiger partial charge in [-0.25, -0.2) is 4.79 Å². The molecule has 1 unspecified atom stereocenters. The van der Waals surface area contributed by atoms with E-state index in [0.717, 1.165) is 12.8 Å². The minimum Gasteiger partial charge on any atom is -0.480 e. The van der Waals surface area contributed by atoms with Crippen molar-refractivity contribution in [1.29, 1.82) is 0 Å². The first-order valence-corrected chi connectivity index (χ1v) is 7.05. The molecule has 0 bridgehead atoms. The Labute approximate surface area is 127 Å². The number of nitro benzene ring substituents is 1. The van der Waals surface area contributed by atoms with E-state index in [-0.39, 0.29) is 10.7 Å². The Hall–Kier alpha value is -1.82. The van der Waals surface area contributed by atoms with Gasteiger partial charge in [-0.1, -0.05) is 25.4 Å². The molecule has 114 valence electrons. The van der Waals surface area contributed by atoms with E-state index in [0.29, 0.717) is 12.2 Å². The lowest BCUT2D eigenvalue weighted by Crippen LogP contribution is -2.54. The molecule has 1 aromatic rings. The molecular formula is C14H17ClN2O4. The van der Waals surface area contributed by atoms with Gasteiger partial charge in [0.25, 0.3) is 5.69 Å². The number of nitrogens with zero attached hydrogens (tertiary/aromatic N) is 2.